The molecular formula is C21H24F2N6O. The molecule has 2 fully saturated rings. The maximum Gasteiger partial charge on any atom is 0.165 e. The Balaban J connectivity index is 1.45. The highest BCUT2D eigenvalue weighted by Crippen LogP contribution is 2.43. The van der Waals surface area contributed by atoms with E-state index in [-0.39, 0.29) is 11.6 Å². The van der Waals surface area contributed by atoms with Crippen molar-refractivity contribution in [3.05, 3.63) is 36.0 Å². The molecule has 1 saturated carbocycles. The number of ether oxygens (including phenoxy) is 1. The van der Waals surface area contributed by atoms with Gasteiger partial charge >= 0.3 is 0 Å². The third kappa shape index (κ3) is 3.58. The quantitative estimate of drug-likeness (QED) is 0.645. The molecule has 158 valence electrons. The Morgan fingerprint density at radius 3 is 2.90 bits per heavy atom. The number of hydrogen-bond donors (Lipinski definition) is 2. The standard InChI is InChI=1S/C21H24F2N6O/c1-30-17-11-29-21(28-19(17)12-2-3-12)14(10-26-29)20-16(23)4-5-18(27-20)25-9-13-8-24-7-6-15(13)22/h4-5,10-13,15,24H,2-3,6-9H2,1H3,(H,25,27)/t13-,15+/m1/s1. The maximum atomic E-state index is 14.7. The van der Waals surface area contributed by atoms with Crippen LogP contribution in [0.2, 0.25) is 0 Å². The van der Waals surface area contributed by atoms with Gasteiger partial charge in [-0.15, -0.1) is 0 Å². The van der Waals surface area contributed by atoms with Gasteiger partial charge in [-0.25, -0.2) is 23.3 Å². The third-order valence-electron chi connectivity index (χ3n) is 5.83. The molecule has 3 aromatic rings. The van der Waals surface area contributed by atoms with Crippen LogP contribution in [0.5, 0.6) is 5.75 Å². The summed E-state index contributed by atoms with van der Waals surface area (Å²) < 4.78 is 35.8. The predicted octanol–water partition coefficient (Wildman–Crippen LogP) is 3.18. The molecular weight excluding hydrogens is 390 g/mol. The molecule has 0 spiro atoms. The number of pyridine rings is 1. The summed E-state index contributed by atoms with van der Waals surface area (Å²) in [7, 11) is 1.61. The second kappa shape index (κ2) is 7.79. The van der Waals surface area contributed by atoms with Crippen molar-refractivity contribution < 1.29 is 13.5 Å². The summed E-state index contributed by atoms with van der Waals surface area (Å²) in [5, 5.41) is 10.7. The Bertz CT molecular complexity index is 1070. The van der Waals surface area contributed by atoms with Crippen LogP contribution in [0.1, 0.15) is 30.9 Å². The normalized spacial score (nSPS) is 21.7. The number of methoxy groups -OCH3 is 1. The molecule has 0 bridgehead atoms. The van der Waals surface area contributed by atoms with Crippen molar-refractivity contribution in [3.8, 4) is 17.0 Å². The highest BCUT2D eigenvalue weighted by molar-refractivity contribution is 5.76. The largest absolute Gasteiger partial charge is 0.493 e. The fourth-order valence-corrected chi connectivity index (χ4v) is 3.94. The molecule has 9 heteroatoms. The number of nitrogens with zero attached hydrogens (tertiary/aromatic N) is 4. The smallest absolute Gasteiger partial charge is 0.165 e. The van der Waals surface area contributed by atoms with Crippen molar-refractivity contribution in [1.82, 2.24) is 24.9 Å². The number of fused-ring (bicyclic) bond motifs is 1. The molecule has 7 nitrogen and oxygen atoms in total. The van der Waals surface area contributed by atoms with E-state index in [9.17, 15) is 8.78 Å². The SMILES string of the molecule is COc1cn2ncc(-c3nc(NC[C@H]4CNCC[C@@H]4F)ccc3F)c2nc1C1CC1. The minimum Gasteiger partial charge on any atom is -0.493 e. The number of alkyl halides is 1. The van der Waals surface area contributed by atoms with E-state index in [2.05, 4.69) is 20.7 Å². The van der Waals surface area contributed by atoms with Gasteiger partial charge in [-0.3, -0.25) is 0 Å². The van der Waals surface area contributed by atoms with Crippen LogP contribution in [0, 0.1) is 11.7 Å². The molecule has 0 amide bonds. The van der Waals surface area contributed by atoms with Gasteiger partial charge in [0, 0.05) is 24.9 Å². The number of hydrogen-bond acceptors (Lipinski definition) is 6. The van der Waals surface area contributed by atoms with Crippen molar-refractivity contribution in [2.45, 2.75) is 31.4 Å². The summed E-state index contributed by atoms with van der Waals surface area (Å²) in [4.78, 5) is 9.19. The van der Waals surface area contributed by atoms with Crippen LogP contribution < -0.4 is 15.4 Å². The van der Waals surface area contributed by atoms with E-state index >= 15 is 0 Å². The Labute approximate surface area is 172 Å². The summed E-state index contributed by atoms with van der Waals surface area (Å²) in [5.41, 5.74) is 2.11. The molecule has 1 aliphatic carbocycles. The molecule has 0 radical (unpaired) electrons. The van der Waals surface area contributed by atoms with Crippen molar-refractivity contribution in [3.63, 3.8) is 0 Å². The lowest BCUT2D eigenvalue weighted by Crippen LogP contribution is -2.41. The van der Waals surface area contributed by atoms with Gasteiger partial charge < -0.3 is 15.4 Å². The number of rotatable bonds is 6. The van der Waals surface area contributed by atoms with Gasteiger partial charge in [0.05, 0.1) is 30.8 Å². The molecule has 2 atom stereocenters. The second-order valence-corrected chi connectivity index (χ2v) is 7.97. The average Bonchev–Trinajstić information content (AvgIpc) is 3.53. The first-order valence-corrected chi connectivity index (χ1v) is 10.3. The molecule has 2 aliphatic rings. The average molecular weight is 414 g/mol. The first-order chi connectivity index (χ1) is 14.6. The number of piperidine rings is 1. The first-order valence-electron chi connectivity index (χ1n) is 10.3. The first kappa shape index (κ1) is 19.2. The van der Waals surface area contributed by atoms with Gasteiger partial charge in [0.2, 0.25) is 0 Å². The van der Waals surface area contributed by atoms with Crippen LogP contribution >= 0.6 is 0 Å². The molecule has 3 aromatic heterocycles. The van der Waals surface area contributed by atoms with Crippen molar-refractivity contribution >= 4 is 11.5 Å². The van der Waals surface area contributed by atoms with Gasteiger partial charge in [-0.1, -0.05) is 0 Å². The Hall–Kier alpha value is -2.81. The monoisotopic (exact) mass is 414 g/mol. The lowest BCUT2D eigenvalue weighted by molar-refractivity contribution is 0.187. The van der Waals surface area contributed by atoms with Crippen molar-refractivity contribution in [2.24, 2.45) is 5.92 Å². The lowest BCUT2D eigenvalue weighted by Gasteiger charge is -2.27. The number of halogens is 2. The van der Waals surface area contributed by atoms with E-state index in [0.29, 0.717) is 54.8 Å². The molecule has 0 unspecified atom stereocenters. The lowest BCUT2D eigenvalue weighted by atomic mass is 9.97. The predicted molar refractivity (Wildman–Crippen MR) is 109 cm³/mol. The van der Waals surface area contributed by atoms with Crippen LogP contribution in [-0.2, 0) is 0 Å². The minimum atomic E-state index is -0.849. The fraction of sp³-hybridized carbons (Fsp3) is 0.476. The minimum absolute atomic E-state index is 0.138. The topological polar surface area (TPSA) is 76.4 Å². The number of nitrogens with one attached hydrogen (secondary N) is 2. The second-order valence-electron chi connectivity index (χ2n) is 7.97. The van der Waals surface area contributed by atoms with Crippen molar-refractivity contribution in [2.75, 3.05) is 32.1 Å². The van der Waals surface area contributed by atoms with Gasteiger partial charge in [0.25, 0.3) is 0 Å². The number of anilines is 1. The zero-order valence-corrected chi connectivity index (χ0v) is 16.7. The van der Waals surface area contributed by atoms with Gasteiger partial charge in [-0.05, 0) is 37.9 Å². The summed E-state index contributed by atoms with van der Waals surface area (Å²) in [6, 6.07) is 2.94. The fourth-order valence-electron chi connectivity index (χ4n) is 3.94. The van der Waals surface area contributed by atoms with Gasteiger partial charge in [0.1, 0.15) is 23.5 Å². The van der Waals surface area contributed by atoms with E-state index in [1.807, 2.05) is 0 Å². The molecule has 1 aliphatic heterocycles. The summed E-state index contributed by atoms with van der Waals surface area (Å²) in [6.07, 6.45) is 5.14. The Morgan fingerprint density at radius 1 is 1.27 bits per heavy atom. The van der Waals surface area contributed by atoms with E-state index in [1.54, 1.807) is 30.1 Å². The van der Waals surface area contributed by atoms with Crippen LogP contribution in [0.3, 0.4) is 0 Å². The maximum absolute atomic E-state index is 14.7. The Kier molecular flexibility index (Phi) is 4.98. The summed E-state index contributed by atoms with van der Waals surface area (Å²) >= 11 is 0. The molecule has 4 heterocycles. The van der Waals surface area contributed by atoms with Gasteiger partial charge in [-0.2, -0.15) is 5.10 Å². The van der Waals surface area contributed by atoms with Crippen LogP contribution in [0.15, 0.2) is 24.5 Å². The van der Waals surface area contributed by atoms with Crippen molar-refractivity contribution in [1.29, 1.82) is 0 Å². The number of aromatic nitrogens is 4. The highest BCUT2D eigenvalue weighted by atomic mass is 19.1. The van der Waals surface area contributed by atoms with E-state index in [1.165, 1.54) is 6.07 Å². The summed E-state index contributed by atoms with van der Waals surface area (Å²) in [6.45, 7) is 1.75. The molecule has 30 heavy (non-hydrogen) atoms. The molecule has 1 saturated heterocycles. The van der Waals surface area contributed by atoms with E-state index in [0.717, 1.165) is 18.5 Å². The summed E-state index contributed by atoms with van der Waals surface area (Å²) in [5.74, 6) is 0.964. The Morgan fingerprint density at radius 2 is 2.13 bits per heavy atom. The van der Waals surface area contributed by atoms with Crippen LogP contribution in [-0.4, -0.2) is 52.5 Å². The van der Waals surface area contributed by atoms with E-state index < -0.39 is 12.0 Å². The zero-order valence-electron chi connectivity index (χ0n) is 16.7. The van der Waals surface area contributed by atoms with E-state index in [4.69, 9.17) is 9.72 Å². The van der Waals surface area contributed by atoms with Gasteiger partial charge in [0.15, 0.2) is 11.4 Å². The molecule has 0 aromatic carbocycles. The van der Waals surface area contributed by atoms with Crippen LogP contribution in [0.4, 0.5) is 14.6 Å². The third-order valence-corrected chi connectivity index (χ3v) is 5.83. The molecule has 5 rings (SSSR count). The highest BCUT2D eigenvalue weighted by Gasteiger charge is 2.30. The zero-order chi connectivity index (χ0) is 20.7. The van der Waals surface area contributed by atoms with Crippen LogP contribution in [0.25, 0.3) is 16.9 Å². The molecule has 2 N–H and O–H groups in total.